The van der Waals surface area contributed by atoms with E-state index in [0.29, 0.717) is 32.9 Å². The van der Waals surface area contributed by atoms with Gasteiger partial charge in [-0.15, -0.1) is 0 Å². The van der Waals surface area contributed by atoms with Gasteiger partial charge in [0.1, 0.15) is 5.75 Å². The Morgan fingerprint density at radius 3 is 2.41 bits per heavy atom. The second-order valence-corrected chi connectivity index (χ2v) is 6.72. The molecule has 0 saturated heterocycles. The minimum Gasteiger partial charge on any atom is -0.481 e. The highest BCUT2D eigenvalue weighted by Crippen LogP contribution is 2.27. The highest BCUT2D eigenvalue weighted by molar-refractivity contribution is 9.10. The quantitative estimate of drug-likeness (QED) is 0.476. The predicted molar refractivity (Wildman–Crippen MR) is 105 cm³/mol. The van der Waals surface area contributed by atoms with Crippen molar-refractivity contribution < 1.29 is 23.9 Å². The van der Waals surface area contributed by atoms with Gasteiger partial charge in [-0.2, -0.15) is 0 Å². The fourth-order valence-electron chi connectivity index (χ4n) is 1.99. The minimum atomic E-state index is -0.669. The Hall–Kier alpha value is -2.38. The normalized spacial score (nSPS) is 10.2. The second kappa shape index (κ2) is 10.1. The molecule has 0 aliphatic carbocycles. The van der Waals surface area contributed by atoms with Crippen LogP contribution in [0.25, 0.3) is 0 Å². The van der Waals surface area contributed by atoms with E-state index in [-0.39, 0.29) is 18.3 Å². The van der Waals surface area contributed by atoms with Gasteiger partial charge in [-0.1, -0.05) is 18.5 Å². The molecule has 1 amide bonds. The van der Waals surface area contributed by atoms with Crippen LogP contribution in [0.5, 0.6) is 5.75 Å². The van der Waals surface area contributed by atoms with Gasteiger partial charge in [0.25, 0.3) is 0 Å². The lowest BCUT2D eigenvalue weighted by Gasteiger charge is -2.09. The number of nitrogens with one attached hydrogen (secondary N) is 1. The number of hydrogen-bond acceptors (Lipinski definition) is 5. The smallest absolute Gasteiger partial charge is 0.344 e. The molecule has 142 valence electrons. The van der Waals surface area contributed by atoms with E-state index in [1.165, 1.54) is 0 Å². The van der Waals surface area contributed by atoms with E-state index in [2.05, 4.69) is 21.2 Å². The Bertz CT molecular complexity index is 838. The van der Waals surface area contributed by atoms with Gasteiger partial charge in [0.05, 0.1) is 4.47 Å². The van der Waals surface area contributed by atoms with Crippen LogP contribution in [0.4, 0.5) is 5.69 Å². The summed E-state index contributed by atoms with van der Waals surface area (Å²) in [6.07, 6.45) is 0.366. The Kier molecular flexibility index (Phi) is 7.82. The fraction of sp³-hybridized carbons (Fsp3) is 0.211. The molecule has 8 heteroatoms. The fourth-order valence-corrected chi connectivity index (χ4v) is 2.79. The van der Waals surface area contributed by atoms with E-state index in [1.54, 1.807) is 49.4 Å². The third-order valence-electron chi connectivity index (χ3n) is 3.42. The minimum absolute atomic E-state index is 0.115. The number of carbonyl (C=O) groups is 3. The molecule has 2 rings (SSSR count). The predicted octanol–water partition coefficient (Wildman–Crippen LogP) is 4.26. The lowest BCUT2D eigenvalue weighted by Crippen LogP contribution is -2.19. The molecule has 0 bridgehead atoms. The van der Waals surface area contributed by atoms with Crippen LogP contribution in [-0.4, -0.2) is 30.9 Å². The zero-order chi connectivity index (χ0) is 19.8. The molecule has 0 aliphatic heterocycles. The van der Waals surface area contributed by atoms with Gasteiger partial charge in [-0.3, -0.25) is 9.59 Å². The molecule has 0 unspecified atom stereocenters. The van der Waals surface area contributed by atoms with Crippen LogP contribution in [0.1, 0.15) is 23.7 Å². The summed E-state index contributed by atoms with van der Waals surface area (Å²) in [5.74, 6) is -0.704. The maximum atomic E-state index is 12.1. The van der Waals surface area contributed by atoms with E-state index in [1.807, 2.05) is 0 Å². The molecule has 0 heterocycles. The zero-order valence-electron chi connectivity index (χ0n) is 14.5. The number of amides is 1. The molecule has 0 atom stereocenters. The highest BCUT2D eigenvalue weighted by Gasteiger charge is 2.12. The first kappa shape index (κ1) is 20.9. The van der Waals surface area contributed by atoms with Crippen molar-refractivity contribution in [3.05, 3.63) is 57.5 Å². The first-order chi connectivity index (χ1) is 12.9. The molecule has 0 radical (unpaired) electrons. The molecule has 1 N–H and O–H groups in total. The number of halogens is 2. The summed E-state index contributed by atoms with van der Waals surface area (Å²) < 4.78 is 10.9. The lowest BCUT2D eigenvalue weighted by atomic mass is 10.1. The summed E-state index contributed by atoms with van der Waals surface area (Å²) in [7, 11) is 0. The summed E-state index contributed by atoms with van der Waals surface area (Å²) in [4.78, 5) is 35.1. The standard InChI is InChI=1S/C19H17BrClNO5/c1-2-18(24)22-14-6-3-12(4-7-14)16(23)10-27-19(25)11-26-17-8-5-13(21)9-15(17)20/h3-9H,2,10-11H2,1H3,(H,22,24). The average Bonchev–Trinajstić information content (AvgIpc) is 2.65. The summed E-state index contributed by atoms with van der Waals surface area (Å²) in [6.45, 7) is 1.01. The average molecular weight is 455 g/mol. The maximum absolute atomic E-state index is 12.1. The number of ether oxygens (including phenoxy) is 2. The molecule has 6 nitrogen and oxygen atoms in total. The van der Waals surface area contributed by atoms with Crippen molar-refractivity contribution >= 4 is 50.9 Å². The molecule has 0 aliphatic rings. The summed E-state index contributed by atoms with van der Waals surface area (Å²) >= 11 is 9.10. The third kappa shape index (κ3) is 6.69. The van der Waals surface area contributed by atoms with Crippen LogP contribution in [0.15, 0.2) is 46.9 Å². The highest BCUT2D eigenvalue weighted by atomic mass is 79.9. The molecule has 2 aromatic rings. The van der Waals surface area contributed by atoms with Crippen LogP contribution in [0.3, 0.4) is 0 Å². The Morgan fingerprint density at radius 2 is 1.78 bits per heavy atom. The SMILES string of the molecule is CCC(=O)Nc1ccc(C(=O)COC(=O)COc2ccc(Cl)cc2Br)cc1. The van der Waals surface area contributed by atoms with Gasteiger partial charge in [0.2, 0.25) is 5.91 Å². The maximum Gasteiger partial charge on any atom is 0.344 e. The molecule has 0 saturated carbocycles. The van der Waals surface area contributed by atoms with E-state index < -0.39 is 12.6 Å². The third-order valence-corrected chi connectivity index (χ3v) is 4.27. The molecule has 2 aromatic carbocycles. The van der Waals surface area contributed by atoms with Crippen molar-refractivity contribution in [1.29, 1.82) is 0 Å². The number of carbonyl (C=O) groups excluding carboxylic acids is 3. The summed E-state index contributed by atoms with van der Waals surface area (Å²) in [5.41, 5.74) is 0.969. The van der Waals surface area contributed by atoms with Crippen molar-refractivity contribution in [3.8, 4) is 5.75 Å². The van der Waals surface area contributed by atoms with Crippen LogP contribution in [0, 0.1) is 0 Å². The van der Waals surface area contributed by atoms with Crippen molar-refractivity contribution in [2.24, 2.45) is 0 Å². The van der Waals surface area contributed by atoms with Gasteiger partial charge in [0, 0.05) is 22.7 Å². The second-order valence-electron chi connectivity index (χ2n) is 5.43. The molecule has 0 spiro atoms. The lowest BCUT2D eigenvalue weighted by molar-refractivity contribution is -0.144. The van der Waals surface area contributed by atoms with Gasteiger partial charge in [0.15, 0.2) is 19.0 Å². The van der Waals surface area contributed by atoms with Crippen molar-refractivity contribution in [2.45, 2.75) is 13.3 Å². The largest absolute Gasteiger partial charge is 0.481 e. The van der Waals surface area contributed by atoms with E-state index in [9.17, 15) is 14.4 Å². The van der Waals surface area contributed by atoms with Crippen LogP contribution in [0.2, 0.25) is 5.02 Å². The van der Waals surface area contributed by atoms with Gasteiger partial charge >= 0.3 is 5.97 Å². The van der Waals surface area contributed by atoms with Crippen molar-refractivity contribution in [3.63, 3.8) is 0 Å². The molecular formula is C19H17BrClNO5. The van der Waals surface area contributed by atoms with Gasteiger partial charge in [-0.25, -0.2) is 4.79 Å². The number of benzene rings is 2. The van der Waals surface area contributed by atoms with Gasteiger partial charge in [-0.05, 0) is 58.4 Å². The van der Waals surface area contributed by atoms with Crippen LogP contribution >= 0.6 is 27.5 Å². The molecule has 27 heavy (non-hydrogen) atoms. The zero-order valence-corrected chi connectivity index (χ0v) is 16.8. The monoisotopic (exact) mass is 453 g/mol. The van der Waals surface area contributed by atoms with Crippen LogP contribution < -0.4 is 10.1 Å². The number of ketones is 1. The molecule has 0 fully saturated rings. The number of esters is 1. The topological polar surface area (TPSA) is 81.7 Å². The number of Topliss-reactive ketones (excluding diaryl/α,β-unsaturated/α-hetero) is 1. The Balaban J connectivity index is 1.80. The summed E-state index contributed by atoms with van der Waals surface area (Å²) in [6, 6.07) is 11.2. The molecule has 0 aromatic heterocycles. The van der Waals surface area contributed by atoms with E-state index >= 15 is 0 Å². The van der Waals surface area contributed by atoms with Gasteiger partial charge < -0.3 is 14.8 Å². The van der Waals surface area contributed by atoms with Crippen LogP contribution in [-0.2, 0) is 14.3 Å². The van der Waals surface area contributed by atoms with Crippen molar-refractivity contribution in [1.82, 2.24) is 0 Å². The first-order valence-electron chi connectivity index (χ1n) is 8.05. The molecular weight excluding hydrogens is 438 g/mol. The first-order valence-corrected chi connectivity index (χ1v) is 9.22. The Labute approximate surface area is 169 Å². The number of anilines is 1. The van der Waals surface area contributed by atoms with E-state index in [0.717, 1.165) is 0 Å². The van der Waals surface area contributed by atoms with E-state index in [4.69, 9.17) is 21.1 Å². The Morgan fingerprint density at radius 1 is 1.07 bits per heavy atom. The summed E-state index contributed by atoms with van der Waals surface area (Å²) in [5, 5.41) is 3.21. The number of rotatable bonds is 8. The number of hydrogen-bond donors (Lipinski definition) is 1. The van der Waals surface area contributed by atoms with Crippen molar-refractivity contribution in [2.75, 3.05) is 18.5 Å².